The topological polar surface area (TPSA) is 24.9 Å². The minimum atomic E-state index is 0.0685. The number of aryl methyl sites for hydroxylation is 1. The summed E-state index contributed by atoms with van der Waals surface area (Å²) in [6.07, 6.45) is 3.79. The number of benzene rings is 2. The highest BCUT2D eigenvalue weighted by atomic mass is 14.9. The van der Waals surface area contributed by atoms with Crippen molar-refractivity contribution in [3.05, 3.63) is 77.6 Å². The van der Waals surface area contributed by atoms with E-state index in [1.807, 2.05) is 18.5 Å². The van der Waals surface area contributed by atoms with Crippen molar-refractivity contribution >= 4 is 10.8 Å². The summed E-state index contributed by atoms with van der Waals surface area (Å²) in [5.74, 6) is 0. The van der Waals surface area contributed by atoms with Crippen LogP contribution in [0.4, 0.5) is 0 Å². The van der Waals surface area contributed by atoms with Gasteiger partial charge in [0.15, 0.2) is 0 Å². The molecule has 0 bridgehead atoms. The van der Waals surface area contributed by atoms with Crippen molar-refractivity contribution < 1.29 is 0 Å². The highest BCUT2D eigenvalue weighted by Crippen LogP contribution is 2.23. The van der Waals surface area contributed by atoms with E-state index in [1.54, 1.807) is 0 Å². The van der Waals surface area contributed by atoms with Gasteiger partial charge in [-0.25, -0.2) is 0 Å². The van der Waals surface area contributed by atoms with Crippen LogP contribution in [0.2, 0.25) is 0 Å². The molecule has 2 aromatic carbocycles. The summed E-state index contributed by atoms with van der Waals surface area (Å²) in [6, 6.07) is 17.2. The average Bonchev–Trinajstić information content (AvgIpc) is 2.58. The predicted molar refractivity (Wildman–Crippen MR) is 97.7 cm³/mol. The molecule has 0 radical (unpaired) electrons. The Morgan fingerprint density at radius 3 is 2.61 bits per heavy atom. The Balaban J connectivity index is 1.70. The second-order valence-corrected chi connectivity index (χ2v) is 6.80. The molecular weight excluding hydrogens is 280 g/mol. The minimum Gasteiger partial charge on any atom is -0.312 e. The third-order valence-corrected chi connectivity index (χ3v) is 4.64. The predicted octanol–water partition coefficient (Wildman–Crippen LogP) is 4.61. The monoisotopic (exact) mass is 304 g/mol. The molecule has 0 amide bonds. The van der Waals surface area contributed by atoms with Gasteiger partial charge in [0.1, 0.15) is 0 Å². The first-order valence-corrected chi connectivity index (χ1v) is 8.16. The quantitative estimate of drug-likeness (QED) is 0.744. The lowest BCUT2D eigenvalue weighted by Gasteiger charge is -2.25. The van der Waals surface area contributed by atoms with Crippen LogP contribution >= 0.6 is 0 Å². The summed E-state index contributed by atoms with van der Waals surface area (Å²) in [7, 11) is 0. The zero-order valence-corrected chi connectivity index (χ0v) is 14.1. The van der Waals surface area contributed by atoms with Crippen LogP contribution in [0.3, 0.4) is 0 Å². The van der Waals surface area contributed by atoms with E-state index < -0.39 is 0 Å². The molecular formula is C21H24N2. The standard InChI is InChI=1S/C21H24N2/c1-16-18(11-10-17-7-4-5-9-20(16)17)13-23-15-21(2,3)19-8-6-12-22-14-19/h4-12,14,23H,13,15H2,1-3H3. The normalized spacial score (nSPS) is 11.8. The van der Waals surface area contributed by atoms with Crippen LogP contribution in [0.25, 0.3) is 10.8 Å². The lowest BCUT2D eigenvalue weighted by atomic mass is 9.85. The van der Waals surface area contributed by atoms with Gasteiger partial charge in [0.25, 0.3) is 0 Å². The zero-order chi connectivity index (χ0) is 16.3. The molecule has 1 N–H and O–H groups in total. The molecule has 0 saturated carbocycles. The average molecular weight is 304 g/mol. The van der Waals surface area contributed by atoms with E-state index in [1.165, 1.54) is 27.5 Å². The van der Waals surface area contributed by atoms with Gasteiger partial charge in [-0.1, -0.05) is 56.3 Å². The molecule has 23 heavy (non-hydrogen) atoms. The number of nitrogens with zero attached hydrogens (tertiary/aromatic N) is 1. The molecule has 0 atom stereocenters. The molecule has 118 valence electrons. The molecule has 0 aliphatic heterocycles. The molecule has 3 rings (SSSR count). The third-order valence-electron chi connectivity index (χ3n) is 4.64. The van der Waals surface area contributed by atoms with Gasteiger partial charge < -0.3 is 5.32 Å². The van der Waals surface area contributed by atoms with Crippen molar-refractivity contribution in [1.82, 2.24) is 10.3 Å². The van der Waals surface area contributed by atoms with Crippen molar-refractivity contribution in [3.8, 4) is 0 Å². The van der Waals surface area contributed by atoms with Gasteiger partial charge in [-0.05, 0) is 40.5 Å². The maximum atomic E-state index is 4.24. The Kier molecular flexibility index (Phi) is 4.44. The molecule has 1 heterocycles. The van der Waals surface area contributed by atoms with Crippen LogP contribution in [-0.4, -0.2) is 11.5 Å². The Hall–Kier alpha value is -2.19. The Bertz CT molecular complexity index is 791. The molecule has 3 aromatic rings. The van der Waals surface area contributed by atoms with Gasteiger partial charge in [-0.3, -0.25) is 4.98 Å². The van der Waals surface area contributed by atoms with Crippen molar-refractivity contribution in [3.63, 3.8) is 0 Å². The smallest absolute Gasteiger partial charge is 0.0305 e. The first-order chi connectivity index (χ1) is 11.1. The first kappa shape index (κ1) is 15.7. The number of rotatable bonds is 5. The lowest BCUT2D eigenvalue weighted by molar-refractivity contribution is 0.467. The van der Waals surface area contributed by atoms with E-state index in [2.05, 4.69) is 73.5 Å². The summed E-state index contributed by atoms with van der Waals surface area (Å²) in [5, 5.41) is 6.27. The van der Waals surface area contributed by atoms with Gasteiger partial charge in [-0.2, -0.15) is 0 Å². The van der Waals surface area contributed by atoms with E-state index in [9.17, 15) is 0 Å². The number of hydrogen-bond acceptors (Lipinski definition) is 2. The van der Waals surface area contributed by atoms with Gasteiger partial charge >= 0.3 is 0 Å². The van der Waals surface area contributed by atoms with Crippen molar-refractivity contribution in [2.45, 2.75) is 32.7 Å². The fourth-order valence-electron chi connectivity index (χ4n) is 3.04. The van der Waals surface area contributed by atoms with Crippen molar-refractivity contribution in [2.24, 2.45) is 0 Å². The number of fused-ring (bicyclic) bond motifs is 1. The fraction of sp³-hybridized carbons (Fsp3) is 0.286. The maximum Gasteiger partial charge on any atom is 0.0305 e. The molecule has 2 nitrogen and oxygen atoms in total. The number of pyridine rings is 1. The summed E-state index contributed by atoms with van der Waals surface area (Å²) >= 11 is 0. The second-order valence-electron chi connectivity index (χ2n) is 6.80. The molecule has 0 aliphatic rings. The van der Waals surface area contributed by atoms with E-state index in [-0.39, 0.29) is 5.41 Å². The van der Waals surface area contributed by atoms with Crippen LogP contribution in [0.15, 0.2) is 60.9 Å². The largest absolute Gasteiger partial charge is 0.312 e. The van der Waals surface area contributed by atoms with Gasteiger partial charge in [0.2, 0.25) is 0 Å². The molecule has 0 saturated heterocycles. The Labute approximate surface area is 138 Å². The number of nitrogens with one attached hydrogen (secondary N) is 1. The van der Waals surface area contributed by atoms with Crippen molar-refractivity contribution in [1.29, 1.82) is 0 Å². The van der Waals surface area contributed by atoms with Crippen LogP contribution in [0.1, 0.15) is 30.5 Å². The highest BCUT2D eigenvalue weighted by Gasteiger charge is 2.20. The first-order valence-electron chi connectivity index (χ1n) is 8.16. The van der Waals surface area contributed by atoms with Crippen LogP contribution < -0.4 is 5.32 Å². The zero-order valence-electron chi connectivity index (χ0n) is 14.1. The maximum absolute atomic E-state index is 4.24. The molecule has 0 unspecified atom stereocenters. The van der Waals surface area contributed by atoms with Gasteiger partial charge in [-0.15, -0.1) is 0 Å². The third kappa shape index (κ3) is 3.43. The van der Waals surface area contributed by atoms with E-state index in [0.717, 1.165) is 13.1 Å². The summed E-state index contributed by atoms with van der Waals surface area (Å²) in [4.78, 5) is 4.24. The lowest BCUT2D eigenvalue weighted by Crippen LogP contribution is -2.32. The van der Waals surface area contributed by atoms with Crippen LogP contribution in [0.5, 0.6) is 0 Å². The molecule has 2 heteroatoms. The SMILES string of the molecule is Cc1c(CNCC(C)(C)c2cccnc2)ccc2ccccc12. The van der Waals surface area contributed by atoms with Crippen molar-refractivity contribution in [2.75, 3.05) is 6.54 Å². The van der Waals surface area contributed by atoms with E-state index >= 15 is 0 Å². The number of aromatic nitrogens is 1. The number of hydrogen-bond donors (Lipinski definition) is 1. The van der Waals surface area contributed by atoms with Gasteiger partial charge in [0, 0.05) is 30.9 Å². The molecule has 0 fully saturated rings. The van der Waals surface area contributed by atoms with Gasteiger partial charge in [0.05, 0.1) is 0 Å². The van der Waals surface area contributed by atoms with Crippen LogP contribution in [0, 0.1) is 6.92 Å². The fourth-order valence-corrected chi connectivity index (χ4v) is 3.04. The molecule has 0 spiro atoms. The summed E-state index contributed by atoms with van der Waals surface area (Å²) < 4.78 is 0. The van der Waals surface area contributed by atoms with Crippen LogP contribution in [-0.2, 0) is 12.0 Å². The van der Waals surface area contributed by atoms with E-state index in [0.29, 0.717) is 0 Å². The van der Waals surface area contributed by atoms with E-state index in [4.69, 9.17) is 0 Å². The Morgan fingerprint density at radius 1 is 1.00 bits per heavy atom. The summed E-state index contributed by atoms with van der Waals surface area (Å²) in [6.45, 7) is 8.53. The Morgan fingerprint density at radius 2 is 1.83 bits per heavy atom. The highest BCUT2D eigenvalue weighted by molar-refractivity contribution is 5.86. The molecule has 0 aliphatic carbocycles. The second kappa shape index (κ2) is 6.51. The minimum absolute atomic E-state index is 0.0685. The summed E-state index contributed by atoms with van der Waals surface area (Å²) in [5.41, 5.74) is 4.07. The molecule has 1 aromatic heterocycles.